The molecule has 4 heteroatoms. The van der Waals surface area contributed by atoms with Crippen LogP contribution in [-0.2, 0) is 24.5 Å². The summed E-state index contributed by atoms with van der Waals surface area (Å²) >= 11 is 0. The van der Waals surface area contributed by atoms with Crippen LogP contribution in [0.15, 0.2) is 40.8 Å². The van der Waals surface area contributed by atoms with Gasteiger partial charge in [-0.25, -0.2) is 0 Å². The van der Waals surface area contributed by atoms with Gasteiger partial charge in [-0.05, 0) is 42.7 Å². The summed E-state index contributed by atoms with van der Waals surface area (Å²) in [5, 5.41) is 3.43. The van der Waals surface area contributed by atoms with Crippen LogP contribution in [-0.4, -0.2) is 13.2 Å². The zero-order valence-corrected chi connectivity index (χ0v) is 12.3. The average Bonchev–Trinajstić information content (AvgIpc) is 3.24. The van der Waals surface area contributed by atoms with E-state index in [1.165, 1.54) is 12.8 Å². The standard InChI is InChI=1S/C17H21NO3/c1-19-15-4-2-3-13(9-15)11-20-12-17-8-7-16(21-17)10-18-14-5-6-14/h2-4,7-9,14,18H,5-6,10-12H2,1H3. The van der Waals surface area contributed by atoms with Crippen molar-refractivity contribution in [1.29, 1.82) is 0 Å². The highest BCUT2D eigenvalue weighted by molar-refractivity contribution is 5.27. The third kappa shape index (κ3) is 4.34. The average molecular weight is 287 g/mol. The molecule has 1 aliphatic carbocycles. The van der Waals surface area contributed by atoms with Crippen molar-refractivity contribution in [1.82, 2.24) is 5.32 Å². The molecule has 4 nitrogen and oxygen atoms in total. The molecule has 0 amide bonds. The lowest BCUT2D eigenvalue weighted by molar-refractivity contribution is 0.0918. The molecule has 2 aromatic rings. The third-order valence-corrected chi connectivity index (χ3v) is 3.51. The Morgan fingerprint density at radius 2 is 2.00 bits per heavy atom. The Kier molecular flexibility index (Phi) is 4.58. The molecule has 3 rings (SSSR count). The molecule has 1 N–H and O–H groups in total. The van der Waals surface area contributed by atoms with Crippen LogP contribution in [0.5, 0.6) is 5.75 Å². The SMILES string of the molecule is COc1cccc(COCc2ccc(CNC3CC3)o2)c1. The van der Waals surface area contributed by atoms with E-state index in [0.29, 0.717) is 19.3 Å². The lowest BCUT2D eigenvalue weighted by Gasteiger charge is -2.05. The Bertz CT molecular complexity index is 575. The van der Waals surface area contributed by atoms with Gasteiger partial charge >= 0.3 is 0 Å². The largest absolute Gasteiger partial charge is 0.497 e. The van der Waals surface area contributed by atoms with Gasteiger partial charge in [0, 0.05) is 6.04 Å². The van der Waals surface area contributed by atoms with Crippen molar-refractivity contribution in [3.63, 3.8) is 0 Å². The van der Waals surface area contributed by atoms with E-state index >= 15 is 0 Å². The minimum absolute atomic E-state index is 0.487. The fourth-order valence-electron chi connectivity index (χ4n) is 2.16. The molecular formula is C17H21NO3. The van der Waals surface area contributed by atoms with E-state index in [4.69, 9.17) is 13.9 Å². The number of hydrogen-bond acceptors (Lipinski definition) is 4. The van der Waals surface area contributed by atoms with Crippen molar-refractivity contribution in [3.05, 3.63) is 53.5 Å². The van der Waals surface area contributed by atoms with Crippen LogP contribution in [0.1, 0.15) is 29.9 Å². The highest BCUT2D eigenvalue weighted by Crippen LogP contribution is 2.20. The summed E-state index contributed by atoms with van der Waals surface area (Å²) in [7, 11) is 1.67. The van der Waals surface area contributed by atoms with Crippen molar-refractivity contribution >= 4 is 0 Å². The Hall–Kier alpha value is -1.78. The minimum atomic E-state index is 0.487. The van der Waals surface area contributed by atoms with E-state index in [1.54, 1.807) is 7.11 Å². The van der Waals surface area contributed by atoms with E-state index in [9.17, 15) is 0 Å². The maximum atomic E-state index is 5.73. The van der Waals surface area contributed by atoms with Crippen molar-refractivity contribution in [2.75, 3.05) is 7.11 Å². The lowest BCUT2D eigenvalue weighted by atomic mass is 10.2. The van der Waals surface area contributed by atoms with E-state index in [2.05, 4.69) is 5.32 Å². The number of benzene rings is 1. The summed E-state index contributed by atoms with van der Waals surface area (Å²) in [6.07, 6.45) is 2.58. The van der Waals surface area contributed by atoms with Gasteiger partial charge in [0.15, 0.2) is 0 Å². The molecule has 0 atom stereocenters. The Labute approximate surface area is 125 Å². The first-order chi connectivity index (χ1) is 10.3. The van der Waals surface area contributed by atoms with E-state index in [0.717, 1.165) is 29.4 Å². The van der Waals surface area contributed by atoms with Crippen LogP contribution >= 0.6 is 0 Å². The number of ether oxygens (including phenoxy) is 2. The predicted molar refractivity (Wildman–Crippen MR) is 80.1 cm³/mol. The fourth-order valence-corrected chi connectivity index (χ4v) is 2.16. The number of nitrogens with one attached hydrogen (secondary N) is 1. The smallest absolute Gasteiger partial charge is 0.129 e. The first-order valence-corrected chi connectivity index (χ1v) is 7.35. The van der Waals surface area contributed by atoms with Crippen molar-refractivity contribution in [2.45, 2.75) is 38.6 Å². The van der Waals surface area contributed by atoms with Crippen molar-refractivity contribution in [2.24, 2.45) is 0 Å². The highest BCUT2D eigenvalue weighted by atomic mass is 16.5. The molecule has 112 valence electrons. The molecule has 1 fully saturated rings. The summed E-state index contributed by atoms with van der Waals surface area (Å²) in [6, 6.07) is 12.6. The third-order valence-electron chi connectivity index (χ3n) is 3.51. The molecule has 1 heterocycles. The number of furan rings is 1. The summed E-state index contributed by atoms with van der Waals surface area (Å²) in [5.74, 6) is 2.69. The molecule has 0 aliphatic heterocycles. The number of rotatable bonds is 8. The van der Waals surface area contributed by atoms with Gasteiger partial charge in [-0.3, -0.25) is 0 Å². The molecule has 1 saturated carbocycles. The zero-order valence-electron chi connectivity index (χ0n) is 12.3. The maximum Gasteiger partial charge on any atom is 0.129 e. The summed E-state index contributed by atoms with van der Waals surface area (Å²) in [4.78, 5) is 0. The van der Waals surface area contributed by atoms with Gasteiger partial charge in [-0.1, -0.05) is 12.1 Å². The second kappa shape index (κ2) is 6.78. The summed E-state index contributed by atoms with van der Waals surface area (Å²) < 4.78 is 16.6. The van der Waals surface area contributed by atoms with Crippen LogP contribution in [0.25, 0.3) is 0 Å². The molecule has 0 radical (unpaired) electrons. The number of hydrogen-bond donors (Lipinski definition) is 1. The molecule has 0 saturated heterocycles. The lowest BCUT2D eigenvalue weighted by Crippen LogP contribution is -2.14. The fraction of sp³-hybridized carbons (Fsp3) is 0.412. The first-order valence-electron chi connectivity index (χ1n) is 7.35. The van der Waals surface area contributed by atoms with Crippen LogP contribution in [0.4, 0.5) is 0 Å². The van der Waals surface area contributed by atoms with E-state index in [-0.39, 0.29) is 0 Å². The van der Waals surface area contributed by atoms with Gasteiger partial charge in [0.2, 0.25) is 0 Å². The predicted octanol–water partition coefficient (Wildman–Crippen LogP) is 3.26. The van der Waals surface area contributed by atoms with Gasteiger partial charge in [0.25, 0.3) is 0 Å². The van der Waals surface area contributed by atoms with Crippen molar-refractivity contribution in [3.8, 4) is 5.75 Å². The second-order valence-corrected chi connectivity index (χ2v) is 5.37. The topological polar surface area (TPSA) is 43.6 Å². The van der Waals surface area contributed by atoms with Gasteiger partial charge < -0.3 is 19.2 Å². The summed E-state index contributed by atoms with van der Waals surface area (Å²) in [6.45, 7) is 1.84. The van der Waals surface area contributed by atoms with Gasteiger partial charge in [0.1, 0.15) is 23.9 Å². The monoisotopic (exact) mass is 287 g/mol. The van der Waals surface area contributed by atoms with Gasteiger partial charge in [-0.15, -0.1) is 0 Å². The number of methoxy groups -OCH3 is 1. The summed E-state index contributed by atoms with van der Waals surface area (Å²) in [5.41, 5.74) is 1.09. The molecular weight excluding hydrogens is 266 g/mol. The molecule has 1 aliphatic rings. The molecule has 0 unspecified atom stereocenters. The second-order valence-electron chi connectivity index (χ2n) is 5.37. The molecule has 21 heavy (non-hydrogen) atoms. The Morgan fingerprint density at radius 3 is 2.81 bits per heavy atom. The Balaban J connectivity index is 1.43. The molecule has 1 aromatic heterocycles. The minimum Gasteiger partial charge on any atom is -0.497 e. The zero-order chi connectivity index (χ0) is 14.5. The normalized spacial score (nSPS) is 14.3. The van der Waals surface area contributed by atoms with Crippen LogP contribution in [0.2, 0.25) is 0 Å². The highest BCUT2D eigenvalue weighted by Gasteiger charge is 2.20. The first kappa shape index (κ1) is 14.2. The van der Waals surface area contributed by atoms with E-state index < -0.39 is 0 Å². The van der Waals surface area contributed by atoms with E-state index in [1.807, 2.05) is 36.4 Å². The Morgan fingerprint density at radius 1 is 1.14 bits per heavy atom. The maximum absolute atomic E-state index is 5.73. The van der Waals surface area contributed by atoms with Gasteiger partial charge in [-0.2, -0.15) is 0 Å². The quantitative estimate of drug-likeness (QED) is 0.809. The van der Waals surface area contributed by atoms with Gasteiger partial charge in [0.05, 0.1) is 20.3 Å². The van der Waals surface area contributed by atoms with Crippen LogP contribution in [0, 0.1) is 0 Å². The molecule has 0 spiro atoms. The molecule has 0 bridgehead atoms. The van der Waals surface area contributed by atoms with Crippen molar-refractivity contribution < 1.29 is 13.9 Å². The van der Waals surface area contributed by atoms with Crippen LogP contribution < -0.4 is 10.1 Å². The molecule has 1 aromatic carbocycles. The van der Waals surface area contributed by atoms with Crippen LogP contribution in [0.3, 0.4) is 0 Å².